The van der Waals surface area contributed by atoms with Crippen molar-refractivity contribution in [1.29, 1.82) is 0 Å². The normalized spacial score (nSPS) is 14.6. The lowest BCUT2D eigenvalue weighted by atomic mass is 10.1. The summed E-state index contributed by atoms with van der Waals surface area (Å²) in [6.07, 6.45) is 2.92. The Morgan fingerprint density at radius 2 is 1.71 bits per heavy atom. The maximum Gasteiger partial charge on any atom is 0.227 e. The van der Waals surface area contributed by atoms with Crippen LogP contribution in [0.5, 0.6) is 5.75 Å². The number of hydrogen-bond donors (Lipinski definition) is 0. The fraction of sp³-hybridized carbons (Fsp3) is 0.579. The number of ether oxygens (including phenoxy) is 1. The molecule has 0 unspecified atom stereocenters. The number of carbonyl (C=O) groups excluding carboxylic acids is 2. The summed E-state index contributed by atoms with van der Waals surface area (Å²) in [6.45, 7) is 6.60. The number of benzene rings is 1. The van der Waals surface area contributed by atoms with Crippen LogP contribution in [0, 0.1) is 6.92 Å². The molecule has 1 saturated heterocycles. The fourth-order valence-corrected chi connectivity index (χ4v) is 3.01. The van der Waals surface area contributed by atoms with E-state index in [0.29, 0.717) is 39.0 Å². The largest absolute Gasteiger partial charge is 0.496 e. The van der Waals surface area contributed by atoms with E-state index in [1.165, 1.54) is 0 Å². The molecule has 1 heterocycles. The molecule has 5 nitrogen and oxygen atoms in total. The zero-order valence-corrected chi connectivity index (χ0v) is 15.0. The van der Waals surface area contributed by atoms with Crippen LogP contribution in [0.25, 0.3) is 0 Å². The Bertz CT molecular complexity index is 578. The smallest absolute Gasteiger partial charge is 0.227 e. The first-order chi connectivity index (χ1) is 11.5. The van der Waals surface area contributed by atoms with Crippen LogP contribution in [-0.4, -0.2) is 54.9 Å². The second-order valence-corrected chi connectivity index (χ2v) is 6.36. The van der Waals surface area contributed by atoms with Gasteiger partial charge in [-0.1, -0.05) is 31.0 Å². The number of piperazine rings is 1. The molecule has 0 aliphatic carbocycles. The van der Waals surface area contributed by atoms with Gasteiger partial charge in [0.2, 0.25) is 11.8 Å². The minimum absolute atomic E-state index is 0.0968. The topological polar surface area (TPSA) is 49.9 Å². The molecule has 0 N–H and O–H groups in total. The number of carbonyl (C=O) groups is 2. The van der Waals surface area contributed by atoms with Gasteiger partial charge in [0.25, 0.3) is 0 Å². The van der Waals surface area contributed by atoms with Crippen LogP contribution in [0.2, 0.25) is 0 Å². The van der Waals surface area contributed by atoms with Crippen LogP contribution in [0.15, 0.2) is 18.2 Å². The molecule has 2 amide bonds. The predicted octanol–water partition coefficient (Wildman–Crippen LogP) is 2.41. The highest BCUT2D eigenvalue weighted by atomic mass is 16.5. The average Bonchev–Trinajstić information content (AvgIpc) is 2.60. The van der Waals surface area contributed by atoms with E-state index in [1.54, 1.807) is 7.11 Å². The number of rotatable bonds is 6. The Balaban J connectivity index is 1.89. The summed E-state index contributed by atoms with van der Waals surface area (Å²) in [7, 11) is 1.62. The SMILES string of the molecule is CCCCC(=O)N1CCN(C(=O)Cc2cc(C)ccc2OC)CC1. The summed E-state index contributed by atoms with van der Waals surface area (Å²) in [4.78, 5) is 28.3. The zero-order chi connectivity index (χ0) is 17.5. The Labute approximate surface area is 144 Å². The van der Waals surface area contributed by atoms with E-state index in [2.05, 4.69) is 6.92 Å². The highest BCUT2D eigenvalue weighted by Gasteiger charge is 2.24. The van der Waals surface area contributed by atoms with Crippen LogP contribution < -0.4 is 4.74 Å². The van der Waals surface area contributed by atoms with Gasteiger partial charge in [-0.3, -0.25) is 9.59 Å². The van der Waals surface area contributed by atoms with Crippen molar-refractivity contribution >= 4 is 11.8 Å². The van der Waals surface area contributed by atoms with Crippen molar-refractivity contribution in [3.63, 3.8) is 0 Å². The molecule has 0 bridgehead atoms. The zero-order valence-electron chi connectivity index (χ0n) is 15.0. The van der Waals surface area contributed by atoms with Gasteiger partial charge in [0.05, 0.1) is 13.5 Å². The summed E-state index contributed by atoms with van der Waals surface area (Å²) < 4.78 is 5.35. The van der Waals surface area contributed by atoms with Gasteiger partial charge in [0.1, 0.15) is 5.75 Å². The molecule has 0 atom stereocenters. The summed E-state index contributed by atoms with van der Waals surface area (Å²) in [6, 6.07) is 5.89. The third-order valence-corrected chi connectivity index (χ3v) is 4.51. The van der Waals surface area contributed by atoms with E-state index in [4.69, 9.17) is 4.74 Å². The highest BCUT2D eigenvalue weighted by molar-refractivity contribution is 5.80. The Hall–Kier alpha value is -2.04. The molecule has 5 heteroatoms. The van der Waals surface area contributed by atoms with E-state index in [1.807, 2.05) is 34.9 Å². The number of amides is 2. The predicted molar refractivity (Wildman–Crippen MR) is 94.1 cm³/mol. The summed E-state index contributed by atoms with van der Waals surface area (Å²) in [5.41, 5.74) is 2.04. The second kappa shape index (κ2) is 8.71. The summed E-state index contributed by atoms with van der Waals surface area (Å²) in [5, 5.41) is 0. The van der Waals surface area contributed by atoms with E-state index < -0.39 is 0 Å². The number of methoxy groups -OCH3 is 1. The van der Waals surface area contributed by atoms with E-state index in [9.17, 15) is 9.59 Å². The highest BCUT2D eigenvalue weighted by Crippen LogP contribution is 2.21. The van der Waals surface area contributed by atoms with Crippen LogP contribution in [0.4, 0.5) is 0 Å². The minimum atomic E-state index is 0.0968. The molecule has 1 aliphatic rings. The standard InChI is InChI=1S/C19H28N2O3/c1-4-5-6-18(22)20-9-11-21(12-10-20)19(23)14-16-13-15(2)7-8-17(16)24-3/h7-8,13H,4-6,9-12,14H2,1-3H3. The Morgan fingerprint density at radius 3 is 2.29 bits per heavy atom. The van der Waals surface area contributed by atoms with E-state index in [0.717, 1.165) is 29.7 Å². The van der Waals surface area contributed by atoms with Crippen molar-refractivity contribution in [3.05, 3.63) is 29.3 Å². The van der Waals surface area contributed by atoms with Gasteiger partial charge in [-0.25, -0.2) is 0 Å². The van der Waals surface area contributed by atoms with Crippen molar-refractivity contribution < 1.29 is 14.3 Å². The Kier molecular flexibility index (Phi) is 6.64. The lowest BCUT2D eigenvalue weighted by molar-refractivity contribution is -0.139. The van der Waals surface area contributed by atoms with Gasteiger partial charge in [-0.15, -0.1) is 0 Å². The molecular weight excluding hydrogens is 304 g/mol. The maximum absolute atomic E-state index is 12.6. The molecule has 0 aromatic heterocycles. The van der Waals surface area contributed by atoms with Crippen molar-refractivity contribution in [1.82, 2.24) is 9.80 Å². The molecule has 1 aromatic carbocycles. The molecule has 0 saturated carbocycles. The molecule has 24 heavy (non-hydrogen) atoms. The first-order valence-electron chi connectivity index (χ1n) is 8.74. The minimum Gasteiger partial charge on any atom is -0.496 e. The number of nitrogens with zero attached hydrogens (tertiary/aromatic N) is 2. The molecule has 1 aliphatic heterocycles. The number of unbranched alkanes of at least 4 members (excludes halogenated alkanes) is 1. The molecule has 0 radical (unpaired) electrons. The summed E-state index contributed by atoms with van der Waals surface area (Å²) in [5.74, 6) is 1.06. The Morgan fingerprint density at radius 1 is 1.08 bits per heavy atom. The van der Waals surface area contributed by atoms with Crippen molar-refractivity contribution in [2.24, 2.45) is 0 Å². The van der Waals surface area contributed by atoms with Gasteiger partial charge < -0.3 is 14.5 Å². The van der Waals surface area contributed by atoms with Gasteiger partial charge in [0, 0.05) is 38.2 Å². The van der Waals surface area contributed by atoms with E-state index >= 15 is 0 Å². The lowest BCUT2D eigenvalue weighted by Crippen LogP contribution is -2.51. The van der Waals surface area contributed by atoms with Crippen LogP contribution in [-0.2, 0) is 16.0 Å². The van der Waals surface area contributed by atoms with Crippen LogP contribution in [0.3, 0.4) is 0 Å². The second-order valence-electron chi connectivity index (χ2n) is 6.36. The van der Waals surface area contributed by atoms with E-state index in [-0.39, 0.29) is 11.8 Å². The van der Waals surface area contributed by atoms with Crippen LogP contribution in [0.1, 0.15) is 37.3 Å². The molecular formula is C19H28N2O3. The molecule has 1 fully saturated rings. The maximum atomic E-state index is 12.6. The lowest BCUT2D eigenvalue weighted by Gasteiger charge is -2.35. The van der Waals surface area contributed by atoms with Gasteiger partial charge in [-0.05, 0) is 19.4 Å². The van der Waals surface area contributed by atoms with Gasteiger partial charge in [0.15, 0.2) is 0 Å². The molecule has 1 aromatic rings. The monoisotopic (exact) mass is 332 g/mol. The molecule has 0 spiro atoms. The molecule has 2 rings (SSSR count). The van der Waals surface area contributed by atoms with Gasteiger partial charge >= 0.3 is 0 Å². The quantitative estimate of drug-likeness (QED) is 0.804. The summed E-state index contributed by atoms with van der Waals surface area (Å²) >= 11 is 0. The first kappa shape index (κ1) is 18.3. The third-order valence-electron chi connectivity index (χ3n) is 4.51. The third kappa shape index (κ3) is 4.73. The molecule has 132 valence electrons. The van der Waals surface area contributed by atoms with Crippen molar-refractivity contribution in [2.45, 2.75) is 39.5 Å². The number of aryl methyl sites for hydroxylation is 1. The van der Waals surface area contributed by atoms with Gasteiger partial charge in [-0.2, -0.15) is 0 Å². The van der Waals surface area contributed by atoms with Crippen molar-refractivity contribution in [2.75, 3.05) is 33.3 Å². The van der Waals surface area contributed by atoms with Crippen molar-refractivity contribution in [3.8, 4) is 5.75 Å². The first-order valence-corrected chi connectivity index (χ1v) is 8.74. The fourth-order valence-electron chi connectivity index (χ4n) is 3.01. The number of hydrogen-bond acceptors (Lipinski definition) is 3. The average molecular weight is 332 g/mol. The van der Waals surface area contributed by atoms with Crippen LogP contribution >= 0.6 is 0 Å².